The van der Waals surface area contributed by atoms with E-state index in [0.717, 1.165) is 19.3 Å². The van der Waals surface area contributed by atoms with Crippen molar-refractivity contribution in [3.8, 4) is 0 Å². The van der Waals surface area contributed by atoms with Gasteiger partial charge in [-0.15, -0.1) is 0 Å². The van der Waals surface area contributed by atoms with Gasteiger partial charge in [-0.25, -0.2) is 9.59 Å². The Morgan fingerprint density at radius 3 is 2.71 bits per heavy atom. The molecular formula is C15H20N2O4. The summed E-state index contributed by atoms with van der Waals surface area (Å²) in [7, 11) is 0. The van der Waals surface area contributed by atoms with E-state index >= 15 is 0 Å². The van der Waals surface area contributed by atoms with Crippen LogP contribution < -0.4 is 10.6 Å². The Morgan fingerprint density at radius 2 is 2.00 bits per heavy atom. The highest BCUT2D eigenvalue weighted by Gasteiger charge is 2.24. The molecule has 2 unspecified atom stereocenters. The quantitative estimate of drug-likeness (QED) is 0.675. The lowest BCUT2D eigenvalue weighted by Crippen LogP contribution is -2.48. The summed E-state index contributed by atoms with van der Waals surface area (Å²) in [6, 6.07) is 5.87. The van der Waals surface area contributed by atoms with Gasteiger partial charge in [-0.3, -0.25) is 0 Å². The molecular weight excluding hydrogens is 272 g/mol. The predicted octanol–water partition coefficient (Wildman–Crippen LogP) is 1.49. The van der Waals surface area contributed by atoms with Gasteiger partial charge in [0.2, 0.25) is 0 Å². The molecule has 0 spiro atoms. The zero-order chi connectivity index (χ0) is 15.2. The molecule has 0 aromatic heterocycles. The number of amides is 2. The minimum Gasteiger partial charge on any atom is -0.478 e. The van der Waals surface area contributed by atoms with E-state index in [2.05, 4.69) is 10.6 Å². The maximum Gasteiger partial charge on any atom is 0.335 e. The zero-order valence-electron chi connectivity index (χ0n) is 11.7. The third kappa shape index (κ3) is 4.46. The van der Waals surface area contributed by atoms with E-state index in [0.29, 0.717) is 12.0 Å². The Kier molecular flexibility index (Phi) is 5.16. The molecule has 0 saturated heterocycles. The number of aliphatic hydroxyl groups is 1. The number of hydrogen-bond donors (Lipinski definition) is 4. The zero-order valence-corrected chi connectivity index (χ0v) is 11.7. The highest BCUT2D eigenvalue weighted by atomic mass is 16.4. The third-order valence-electron chi connectivity index (χ3n) is 3.67. The number of hydrogen-bond acceptors (Lipinski definition) is 3. The standard InChI is InChI=1S/C15H20N2O4/c18-13-7-2-1-6-12(13)17-15(21)16-9-10-4-3-5-11(8-10)14(19)20/h3-5,8,12-13,18H,1-2,6-7,9H2,(H,19,20)(H2,16,17,21). The summed E-state index contributed by atoms with van der Waals surface area (Å²) >= 11 is 0. The van der Waals surface area contributed by atoms with Crippen molar-refractivity contribution in [2.45, 2.75) is 44.4 Å². The minimum absolute atomic E-state index is 0.192. The minimum atomic E-state index is -0.994. The molecule has 0 radical (unpaired) electrons. The molecule has 1 fully saturated rings. The van der Waals surface area contributed by atoms with E-state index in [4.69, 9.17) is 5.11 Å². The van der Waals surface area contributed by atoms with Crippen LogP contribution in [-0.4, -0.2) is 34.4 Å². The van der Waals surface area contributed by atoms with Crippen LogP contribution >= 0.6 is 0 Å². The Morgan fingerprint density at radius 1 is 1.24 bits per heavy atom. The number of carbonyl (C=O) groups excluding carboxylic acids is 1. The molecule has 1 aromatic rings. The van der Waals surface area contributed by atoms with Crippen molar-refractivity contribution in [2.24, 2.45) is 0 Å². The van der Waals surface area contributed by atoms with Crippen molar-refractivity contribution in [3.05, 3.63) is 35.4 Å². The van der Waals surface area contributed by atoms with Crippen LogP contribution in [0.15, 0.2) is 24.3 Å². The molecule has 1 aliphatic carbocycles. The lowest BCUT2D eigenvalue weighted by atomic mass is 9.93. The van der Waals surface area contributed by atoms with Crippen LogP contribution in [0, 0.1) is 0 Å². The van der Waals surface area contributed by atoms with E-state index in [1.165, 1.54) is 12.1 Å². The van der Waals surface area contributed by atoms with Gasteiger partial charge in [-0.1, -0.05) is 25.0 Å². The number of nitrogens with one attached hydrogen (secondary N) is 2. The predicted molar refractivity (Wildman–Crippen MR) is 77.0 cm³/mol. The Balaban J connectivity index is 1.83. The smallest absolute Gasteiger partial charge is 0.335 e. The number of benzene rings is 1. The molecule has 2 rings (SSSR count). The molecule has 2 amide bonds. The molecule has 6 heteroatoms. The largest absolute Gasteiger partial charge is 0.478 e. The summed E-state index contributed by atoms with van der Waals surface area (Å²) in [5, 5.41) is 24.1. The molecule has 6 nitrogen and oxygen atoms in total. The van der Waals surface area contributed by atoms with Crippen LogP contribution in [0.5, 0.6) is 0 Å². The highest BCUT2D eigenvalue weighted by Crippen LogP contribution is 2.18. The van der Waals surface area contributed by atoms with E-state index in [1.54, 1.807) is 12.1 Å². The fourth-order valence-electron chi connectivity index (χ4n) is 2.50. The Bertz CT molecular complexity index is 518. The summed E-state index contributed by atoms with van der Waals surface area (Å²) < 4.78 is 0. The van der Waals surface area contributed by atoms with Gasteiger partial charge < -0.3 is 20.8 Å². The molecule has 1 aliphatic rings. The molecule has 1 aromatic carbocycles. The van der Waals surface area contributed by atoms with Gasteiger partial charge in [-0.05, 0) is 30.5 Å². The van der Waals surface area contributed by atoms with E-state index in [1.807, 2.05) is 0 Å². The topological polar surface area (TPSA) is 98.7 Å². The van der Waals surface area contributed by atoms with Crippen LogP contribution in [0.2, 0.25) is 0 Å². The number of carboxylic acids is 1. The molecule has 4 N–H and O–H groups in total. The number of carbonyl (C=O) groups is 2. The first-order chi connectivity index (χ1) is 10.1. The van der Waals surface area contributed by atoms with Gasteiger partial charge in [0.1, 0.15) is 0 Å². The average Bonchev–Trinajstić information content (AvgIpc) is 2.48. The van der Waals surface area contributed by atoms with E-state index in [-0.39, 0.29) is 24.2 Å². The molecule has 21 heavy (non-hydrogen) atoms. The summed E-state index contributed by atoms with van der Waals surface area (Å²) in [6.45, 7) is 0.246. The van der Waals surface area contributed by atoms with Crippen molar-refractivity contribution in [3.63, 3.8) is 0 Å². The second kappa shape index (κ2) is 7.08. The van der Waals surface area contributed by atoms with Crippen molar-refractivity contribution in [1.29, 1.82) is 0 Å². The average molecular weight is 292 g/mol. The summed E-state index contributed by atoms with van der Waals surface area (Å²) in [6.07, 6.45) is 3.00. The van der Waals surface area contributed by atoms with Crippen molar-refractivity contribution in [1.82, 2.24) is 10.6 Å². The first-order valence-electron chi connectivity index (χ1n) is 7.11. The van der Waals surface area contributed by atoms with Crippen molar-refractivity contribution >= 4 is 12.0 Å². The van der Waals surface area contributed by atoms with Gasteiger partial charge in [-0.2, -0.15) is 0 Å². The Hall–Kier alpha value is -2.08. The van der Waals surface area contributed by atoms with Gasteiger partial charge >= 0.3 is 12.0 Å². The first kappa shape index (κ1) is 15.3. The molecule has 0 aliphatic heterocycles. The maximum absolute atomic E-state index is 11.8. The molecule has 2 atom stereocenters. The lowest BCUT2D eigenvalue weighted by Gasteiger charge is -2.28. The number of aliphatic hydroxyl groups excluding tert-OH is 1. The van der Waals surface area contributed by atoms with Gasteiger partial charge in [0, 0.05) is 6.54 Å². The van der Waals surface area contributed by atoms with Crippen LogP contribution in [0.4, 0.5) is 4.79 Å². The van der Waals surface area contributed by atoms with Crippen LogP contribution in [0.1, 0.15) is 41.6 Å². The number of aromatic carboxylic acids is 1. The summed E-state index contributed by atoms with van der Waals surface area (Å²) in [5.74, 6) is -0.994. The monoisotopic (exact) mass is 292 g/mol. The fourth-order valence-corrected chi connectivity index (χ4v) is 2.50. The van der Waals surface area contributed by atoms with E-state index in [9.17, 15) is 14.7 Å². The Labute approximate surface area is 123 Å². The number of rotatable bonds is 4. The normalized spacial score (nSPS) is 21.6. The third-order valence-corrected chi connectivity index (χ3v) is 3.67. The summed E-state index contributed by atoms with van der Waals surface area (Å²) in [4.78, 5) is 22.7. The second-order valence-electron chi connectivity index (χ2n) is 5.29. The summed E-state index contributed by atoms with van der Waals surface area (Å²) in [5.41, 5.74) is 0.909. The SMILES string of the molecule is O=C(NCc1cccc(C(=O)O)c1)NC1CCCCC1O. The lowest BCUT2D eigenvalue weighted by molar-refractivity contribution is 0.0696. The number of carboxylic acid groups (broad SMARTS) is 1. The van der Waals surface area contributed by atoms with Crippen LogP contribution in [-0.2, 0) is 6.54 Å². The van der Waals surface area contributed by atoms with Gasteiger partial charge in [0.15, 0.2) is 0 Å². The molecule has 1 saturated carbocycles. The van der Waals surface area contributed by atoms with Gasteiger partial charge in [0.25, 0.3) is 0 Å². The van der Waals surface area contributed by atoms with Crippen molar-refractivity contribution < 1.29 is 19.8 Å². The fraction of sp³-hybridized carbons (Fsp3) is 0.467. The molecule has 0 bridgehead atoms. The first-order valence-corrected chi connectivity index (χ1v) is 7.11. The second-order valence-corrected chi connectivity index (χ2v) is 5.29. The van der Waals surface area contributed by atoms with E-state index < -0.39 is 12.1 Å². The van der Waals surface area contributed by atoms with Crippen LogP contribution in [0.25, 0.3) is 0 Å². The van der Waals surface area contributed by atoms with Gasteiger partial charge in [0.05, 0.1) is 17.7 Å². The highest BCUT2D eigenvalue weighted by molar-refractivity contribution is 5.87. The van der Waals surface area contributed by atoms with Crippen molar-refractivity contribution in [2.75, 3.05) is 0 Å². The molecule has 0 heterocycles. The number of urea groups is 1. The maximum atomic E-state index is 11.8. The molecule has 114 valence electrons. The van der Waals surface area contributed by atoms with Crippen LogP contribution in [0.3, 0.4) is 0 Å².